The molecule has 1 heterocycles. The van der Waals surface area contributed by atoms with E-state index in [1.165, 1.54) is 11.3 Å². The lowest BCUT2D eigenvalue weighted by molar-refractivity contribution is -0.148. The molecule has 0 fully saturated rings. The molecule has 0 saturated heterocycles. The predicted molar refractivity (Wildman–Crippen MR) is 75.5 cm³/mol. The Labute approximate surface area is 116 Å². The lowest BCUT2D eigenvalue weighted by atomic mass is 9.86. The van der Waals surface area contributed by atoms with Gasteiger partial charge in [-0.25, -0.2) is 0 Å². The highest BCUT2D eigenvalue weighted by Crippen LogP contribution is 2.34. The molecule has 3 rings (SSSR count). The number of rotatable bonds is 2. The molecule has 0 saturated carbocycles. The second-order valence-corrected chi connectivity index (χ2v) is 5.34. The van der Waals surface area contributed by atoms with Gasteiger partial charge in [-0.1, -0.05) is 23.7 Å². The van der Waals surface area contributed by atoms with Crippen LogP contribution in [0.5, 0.6) is 0 Å². The number of aromatic nitrogens is 1. The number of ether oxygens (including phenoxy) is 1. The quantitative estimate of drug-likeness (QED) is 0.854. The molecule has 0 radical (unpaired) electrons. The van der Waals surface area contributed by atoms with E-state index >= 15 is 0 Å². The van der Waals surface area contributed by atoms with Crippen LogP contribution in [0.4, 0.5) is 0 Å². The van der Waals surface area contributed by atoms with Crippen molar-refractivity contribution < 1.29 is 9.53 Å². The third-order valence-electron chi connectivity index (χ3n) is 3.79. The van der Waals surface area contributed by atoms with Crippen molar-refractivity contribution >= 4 is 28.5 Å². The van der Waals surface area contributed by atoms with E-state index < -0.39 is 0 Å². The summed E-state index contributed by atoms with van der Waals surface area (Å²) >= 11 is 6.20. The van der Waals surface area contributed by atoms with E-state index in [-0.39, 0.29) is 11.9 Å². The molecule has 1 atom stereocenters. The summed E-state index contributed by atoms with van der Waals surface area (Å²) in [6, 6.07) is 5.89. The zero-order valence-electron chi connectivity index (χ0n) is 10.8. The average Bonchev–Trinajstić information content (AvgIpc) is 2.78. The number of H-pyrrole nitrogens is 1. The number of hydrogen-bond acceptors (Lipinski definition) is 2. The van der Waals surface area contributed by atoms with Crippen LogP contribution in [0, 0.1) is 5.92 Å². The smallest absolute Gasteiger partial charge is 0.309 e. The fraction of sp³-hybridized carbons (Fsp3) is 0.400. The molecule has 0 unspecified atom stereocenters. The van der Waals surface area contributed by atoms with Gasteiger partial charge in [-0.3, -0.25) is 4.79 Å². The van der Waals surface area contributed by atoms with Crippen LogP contribution in [0.15, 0.2) is 18.2 Å². The first-order chi connectivity index (χ1) is 9.20. The van der Waals surface area contributed by atoms with Gasteiger partial charge in [0, 0.05) is 11.1 Å². The molecule has 1 N–H and O–H groups in total. The Bertz CT molecular complexity index is 632. The highest BCUT2D eigenvalue weighted by molar-refractivity contribution is 6.35. The highest BCUT2D eigenvalue weighted by Gasteiger charge is 2.28. The van der Waals surface area contributed by atoms with Gasteiger partial charge in [-0.15, -0.1) is 0 Å². The van der Waals surface area contributed by atoms with Crippen LogP contribution in [0.25, 0.3) is 10.9 Å². The Hall–Kier alpha value is -1.48. The van der Waals surface area contributed by atoms with Crippen LogP contribution in [0.3, 0.4) is 0 Å². The number of esters is 1. The lowest BCUT2D eigenvalue weighted by Crippen LogP contribution is -2.24. The summed E-state index contributed by atoms with van der Waals surface area (Å²) in [4.78, 5) is 15.3. The Morgan fingerprint density at radius 1 is 1.53 bits per heavy atom. The van der Waals surface area contributed by atoms with Crippen molar-refractivity contribution in [2.75, 3.05) is 6.61 Å². The Kier molecular flexibility index (Phi) is 3.23. The van der Waals surface area contributed by atoms with E-state index in [2.05, 4.69) is 11.1 Å². The van der Waals surface area contributed by atoms with Crippen LogP contribution in [0.1, 0.15) is 24.6 Å². The van der Waals surface area contributed by atoms with E-state index in [0.717, 1.165) is 35.2 Å². The standard InChI is InChI=1S/C15H16ClNO2/c1-2-19-15(18)9-6-7-13-11(8-9)10-4-3-5-12(16)14(10)17-13/h3-5,9,17H,2,6-8H2,1H3/t9-/m0/s1. The maximum absolute atomic E-state index is 11.9. The number of hydrogen-bond donors (Lipinski definition) is 1. The van der Waals surface area contributed by atoms with E-state index in [0.29, 0.717) is 6.61 Å². The van der Waals surface area contributed by atoms with Crippen molar-refractivity contribution in [3.8, 4) is 0 Å². The number of aryl methyl sites for hydroxylation is 1. The number of carbonyl (C=O) groups excluding carboxylic acids is 1. The molecular weight excluding hydrogens is 262 g/mol. The molecule has 1 aromatic heterocycles. The summed E-state index contributed by atoms with van der Waals surface area (Å²) < 4.78 is 5.13. The minimum absolute atomic E-state index is 0.0227. The van der Waals surface area contributed by atoms with Gasteiger partial charge in [-0.05, 0) is 37.8 Å². The summed E-state index contributed by atoms with van der Waals surface area (Å²) in [5, 5.41) is 1.87. The van der Waals surface area contributed by atoms with Crippen molar-refractivity contribution in [2.45, 2.75) is 26.2 Å². The number of nitrogens with one attached hydrogen (secondary N) is 1. The van der Waals surface area contributed by atoms with Gasteiger partial charge in [0.1, 0.15) is 0 Å². The number of aromatic amines is 1. The normalized spacial score (nSPS) is 18.3. The molecule has 1 aliphatic rings. The molecule has 0 aliphatic heterocycles. The number of para-hydroxylation sites is 1. The van der Waals surface area contributed by atoms with Crippen molar-refractivity contribution in [2.24, 2.45) is 5.92 Å². The van der Waals surface area contributed by atoms with Crippen LogP contribution in [-0.4, -0.2) is 17.6 Å². The fourth-order valence-corrected chi connectivity index (χ4v) is 3.09. The summed E-state index contributed by atoms with van der Waals surface area (Å²) in [6.45, 7) is 2.29. The summed E-state index contributed by atoms with van der Waals surface area (Å²) in [6.07, 6.45) is 2.47. The third-order valence-corrected chi connectivity index (χ3v) is 4.11. The monoisotopic (exact) mass is 277 g/mol. The molecule has 0 spiro atoms. The minimum atomic E-state index is -0.0791. The summed E-state index contributed by atoms with van der Waals surface area (Å²) in [5.41, 5.74) is 3.42. The SMILES string of the molecule is CCOC(=O)[C@H]1CCc2[nH]c3c(Cl)cccc3c2C1. The first kappa shape index (κ1) is 12.5. The Morgan fingerprint density at radius 3 is 3.16 bits per heavy atom. The van der Waals surface area contributed by atoms with E-state index in [9.17, 15) is 4.79 Å². The molecule has 2 aromatic rings. The van der Waals surface area contributed by atoms with Gasteiger partial charge in [0.25, 0.3) is 0 Å². The van der Waals surface area contributed by atoms with Gasteiger partial charge >= 0.3 is 5.97 Å². The molecular formula is C15H16ClNO2. The number of fused-ring (bicyclic) bond motifs is 3. The third kappa shape index (κ3) is 2.12. The van der Waals surface area contributed by atoms with Crippen LogP contribution in [-0.2, 0) is 22.4 Å². The molecule has 3 nitrogen and oxygen atoms in total. The highest BCUT2D eigenvalue weighted by atomic mass is 35.5. The van der Waals surface area contributed by atoms with Crippen molar-refractivity contribution in [3.05, 3.63) is 34.5 Å². The van der Waals surface area contributed by atoms with E-state index in [1.807, 2.05) is 19.1 Å². The van der Waals surface area contributed by atoms with Gasteiger partial charge in [-0.2, -0.15) is 0 Å². The average molecular weight is 278 g/mol. The molecule has 19 heavy (non-hydrogen) atoms. The number of benzene rings is 1. The lowest BCUT2D eigenvalue weighted by Gasteiger charge is -2.20. The van der Waals surface area contributed by atoms with Crippen molar-refractivity contribution in [1.29, 1.82) is 0 Å². The second-order valence-electron chi connectivity index (χ2n) is 4.94. The zero-order valence-corrected chi connectivity index (χ0v) is 11.6. The number of halogens is 1. The van der Waals surface area contributed by atoms with Gasteiger partial charge < -0.3 is 9.72 Å². The van der Waals surface area contributed by atoms with Crippen LogP contribution < -0.4 is 0 Å². The largest absolute Gasteiger partial charge is 0.466 e. The Balaban J connectivity index is 1.98. The Morgan fingerprint density at radius 2 is 2.37 bits per heavy atom. The van der Waals surface area contributed by atoms with E-state index in [1.54, 1.807) is 0 Å². The molecule has 4 heteroatoms. The van der Waals surface area contributed by atoms with E-state index in [4.69, 9.17) is 16.3 Å². The zero-order chi connectivity index (χ0) is 13.4. The van der Waals surface area contributed by atoms with Gasteiger partial charge in [0.05, 0.1) is 23.1 Å². The molecule has 0 amide bonds. The summed E-state index contributed by atoms with van der Waals surface area (Å²) in [7, 11) is 0. The van der Waals surface area contributed by atoms with Crippen LogP contribution in [0.2, 0.25) is 5.02 Å². The predicted octanol–water partition coefficient (Wildman–Crippen LogP) is 3.49. The van der Waals surface area contributed by atoms with Gasteiger partial charge in [0.15, 0.2) is 0 Å². The fourth-order valence-electron chi connectivity index (χ4n) is 2.87. The number of carbonyl (C=O) groups is 1. The maximum atomic E-state index is 11.9. The first-order valence-electron chi connectivity index (χ1n) is 6.65. The van der Waals surface area contributed by atoms with Crippen molar-refractivity contribution in [1.82, 2.24) is 4.98 Å². The maximum Gasteiger partial charge on any atom is 0.309 e. The molecule has 1 aliphatic carbocycles. The second kappa shape index (κ2) is 4.89. The first-order valence-corrected chi connectivity index (χ1v) is 7.03. The van der Waals surface area contributed by atoms with Crippen LogP contribution >= 0.6 is 11.6 Å². The van der Waals surface area contributed by atoms with Crippen molar-refractivity contribution in [3.63, 3.8) is 0 Å². The molecule has 1 aromatic carbocycles. The molecule has 100 valence electrons. The van der Waals surface area contributed by atoms with Gasteiger partial charge in [0.2, 0.25) is 0 Å². The minimum Gasteiger partial charge on any atom is -0.466 e. The molecule has 0 bridgehead atoms. The topological polar surface area (TPSA) is 42.1 Å². The summed E-state index contributed by atoms with van der Waals surface area (Å²) in [5.74, 6) is -0.102.